The molecule has 8 heteroatoms. The van der Waals surface area contributed by atoms with Gasteiger partial charge in [0, 0.05) is 19.0 Å². The molecular formula is C22H21N3O4S. The van der Waals surface area contributed by atoms with Gasteiger partial charge < -0.3 is 8.94 Å². The molecule has 2 aromatic heterocycles. The second-order valence-corrected chi connectivity index (χ2v) is 9.49. The van der Waals surface area contributed by atoms with E-state index in [9.17, 15) is 8.42 Å². The molecular weight excluding hydrogens is 402 g/mol. The van der Waals surface area contributed by atoms with E-state index < -0.39 is 10.0 Å². The Bertz CT molecular complexity index is 1300. The Kier molecular flexibility index (Phi) is 4.67. The number of aryl methyl sites for hydroxylation is 1. The van der Waals surface area contributed by atoms with Crippen molar-refractivity contribution in [2.24, 2.45) is 0 Å². The van der Waals surface area contributed by atoms with Gasteiger partial charge in [-0.05, 0) is 54.8 Å². The molecule has 30 heavy (non-hydrogen) atoms. The number of hydrogen-bond acceptors (Lipinski definition) is 6. The van der Waals surface area contributed by atoms with Gasteiger partial charge in [-0.15, -0.1) is 0 Å². The number of aromatic nitrogens is 2. The smallest absolute Gasteiger partial charge is 0.243 e. The molecule has 0 aliphatic carbocycles. The van der Waals surface area contributed by atoms with Crippen molar-refractivity contribution in [3.8, 4) is 11.6 Å². The highest BCUT2D eigenvalue weighted by Crippen LogP contribution is 2.32. The Morgan fingerprint density at radius 1 is 1.00 bits per heavy atom. The van der Waals surface area contributed by atoms with Gasteiger partial charge in [0.05, 0.1) is 4.90 Å². The van der Waals surface area contributed by atoms with Crippen LogP contribution in [0.15, 0.2) is 68.4 Å². The summed E-state index contributed by atoms with van der Waals surface area (Å²) in [6.45, 7) is 2.69. The Morgan fingerprint density at radius 3 is 2.50 bits per heavy atom. The molecule has 0 saturated carbocycles. The monoisotopic (exact) mass is 423 g/mol. The molecule has 1 aliphatic heterocycles. The van der Waals surface area contributed by atoms with Gasteiger partial charge in [-0.2, -0.15) is 9.29 Å². The highest BCUT2D eigenvalue weighted by Gasteiger charge is 2.32. The number of fused-ring (bicyclic) bond motifs is 1. The van der Waals surface area contributed by atoms with Crippen LogP contribution in [0.1, 0.15) is 30.4 Å². The third-order valence-corrected chi connectivity index (χ3v) is 7.46. The summed E-state index contributed by atoms with van der Waals surface area (Å²) in [5, 5.41) is 5.95. The van der Waals surface area contributed by atoms with Crippen molar-refractivity contribution in [1.82, 2.24) is 14.4 Å². The van der Waals surface area contributed by atoms with Gasteiger partial charge in [-0.3, -0.25) is 0 Å². The maximum Gasteiger partial charge on any atom is 0.243 e. The maximum atomic E-state index is 13.1. The van der Waals surface area contributed by atoms with Crippen LogP contribution in [0.4, 0.5) is 0 Å². The largest absolute Gasteiger partial charge is 0.458 e. The van der Waals surface area contributed by atoms with Crippen LogP contribution in [0, 0.1) is 6.92 Å². The highest BCUT2D eigenvalue weighted by atomic mass is 32.2. The molecule has 0 atom stereocenters. The summed E-state index contributed by atoms with van der Waals surface area (Å²) in [5.74, 6) is 2.33. The van der Waals surface area contributed by atoms with Crippen LogP contribution >= 0.6 is 0 Å². The zero-order valence-electron chi connectivity index (χ0n) is 16.5. The lowest BCUT2D eigenvalue weighted by Gasteiger charge is -2.29. The molecule has 0 radical (unpaired) electrons. The number of hydrogen-bond donors (Lipinski definition) is 0. The molecule has 1 aliphatic rings. The molecule has 0 spiro atoms. The quantitative estimate of drug-likeness (QED) is 0.484. The lowest BCUT2D eigenvalue weighted by atomic mass is 9.98. The van der Waals surface area contributed by atoms with E-state index in [2.05, 4.69) is 10.1 Å². The lowest BCUT2D eigenvalue weighted by molar-refractivity contribution is 0.270. The minimum Gasteiger partial charge on any atom is -0.458 e. The number of nitrogens with zero attached hydrogens (tertiary/aromatic N) is 3. The second-order valence-electron chi connectivity index (χ2n) is 7.55. The van der Waals surface area contributed by atoms with Crippen LogP contribution < -0.4 is 0 Å². The number of piperidine rings is 1. The molecule has 0 amide bonds. The van der Waals surface area contributed by atoms with E-state index in [0.29, 0.717) is 48.3 Å². The zero-order chi connectivity index (χ0) is 20.7. The average molecular weight is 423 g/mol. The third kappa shape index (κ3) is 3.42. The number of rotatable bonds is 4. The molecule has 1 saturated heterocycles. The zero-order valence-corrected chi connectivity index (χ0v) is 17.3. The van der Waals surface area contributed by atoms with Gasteiger partial charge in [0.2, 0.25) is 21.7 Å². The Hall–Kier alpha value is -2.97. The molecule has 0 N–H and O–H groups in total. The summed E-state index contributed by atoms with van der Waals surface area (Å²) >= 11 is 0. The van der Waals surface area contributed by atoms with Crippen molar-refractivity contribution < 1.29 is 17.4 Å². The van der Waals surface area contributed by atoms with E-state index in [-0.39, 0.29) is 5.92 Å². The summed E-state index contributed by atoms with van der Waals surface area (Å²) in [6.07, 6.45) is 1.26. The summed E-state index contributed by atoms with van der Waals surface area (Å²) < 4.78 is 38.8. The molecule has 7 nitrogen and oxygen atoms in total. The predicted octanol–water partition coefficient (Wildman–Crippen LogP) is 4.36. The van der Waals surface area contributed by atoms with Crippen LogP contribution in [0.3, 0.4) is 0 Å². The van der Waals surface area contributed by atoms with E-state index in [0.717, 1.165) is 16.5 Å². The fourth-order valence-corrected chi connectivity index (χ4v) is 5.38. The van der Waals surface area contributed by atoms with Gasteiger partial charge in [-0.25, -0.2) is 8.42 Å². The topological polar surface area (TPSA) is 89.4 Å². The predicted molar refractivity (Wildman–Crippen MR) is 111 cm³/mol. The van der Waals surface area contributed by atoms with Gasteiger partial charge >= 0.3 is 0 Å². The van der Waals surface area contributed by atoms with Crippen molar-refractivity contribution in [1.29, 1.82) is 0 Å². The molecule has 3 heterocycles. The van der Waals surface area contributed by atoms with Gasteiger partial charge in [0.15, 0.2) is 5.76 Å². The van der Waals surface area contributed by atoms with Crippen LogP contribution in [0.2, 0.25) is 0 Å². The highest BCUT2D eigenvalue weighted by molar-refractivity contribution is 7.89. The van der Waals surface area contributed by atoms with Crippen LogP contribution in [-0.4, -0.2) is 36.0 Å². The van der Waals surface area contributed by atoms with E-state index in [1.165, 1.54) is 0 Å². The molecule has 2 aromatic carbocycles. The molecule has 5 rings (SSSR count). The van der Waals surface area contributed by atoms with Crippen molar-refractivity contribution in [3.05, 3.63) is 66.2 Å². The van der Waals surface area contributed by atoms with Crippen LogP contribution in [0.5, 0.6) is 0 Å². The number of benzene rings is 2. The minimum absolute atomic E-state index is 0.0327. The average Bonchev–Trinajstić information content (AvgIpc) is 3.43. The molecule has 1 fully saturated rings. The lowest BCUT2D eigenvalue weighted by Crippen LogP contribution is -2.37. The third-order valence-electron chi connectivity index (χ3n) is 5.56. The first-order valence-electron chi connectivity index (χ1n) is 9.90. The van der Waals surface area contributed by atoms with Crippen LogP contribution in [-0.2, 0) is 10.0 Å². The van der Waals surface area contributed by atoms with Crippen molar-refractivity contribution in [2.45, 2.75) is 30.6 Å². The SMILES string of the molecule is Cc1ccc(-c2noc(C3CCN(S(=O)(=O)c4ccc5ccccc5c4)CC3)n2)o1. The Balaban J connectivity index is 1.31. The van der Waals surface area contributed by atoms with Gasteiger partial charge in [0.25, 0.3) is 0 Å². The summed E-state index contributed by atoms with van der Waals surface area (Å²) in [4.78, 5) is 4.78. The van der Waals surface area contributed by atoms with Crippen LogP contribution in [0.25, 0.3) is 22.4 Å². The van der Waals surface area contributed by atoms with Gasteiger partial charge in [0.1, 0.15) is 5.76 Å². The second kappa shape index (κ2) is 7.37. The van der Waals surface area contributed by atoms with E-state index >= 15 is 0 Å². The summed E-state index contributed by atoms with van der Waals surface area (Å²) in [6, 6.07) is 16.7. The Labute approximate surface area is 174 Å². The first kappa shape index (κ1) is 19.0. The number of furan rings is 1. The number of sulfonamides is 1. The fraction of sp³-hybridized carbons (Fsp3) is 0.273. The van der Waals surface area contributed by atoms with Gasteiger partial charge in [-0.1, -0.05) is 35.5 Å². The fourth-order valence-electron chi connectivity index (χ4n) is 3.88. The molecule has 0 bridgehead atoms. The van der Waals surface area contributed by atoms with Crippen molar-refractivity contribution in [2.75, 3.05) is 13.1 Å². The first-order valence-corrected chi connectivity index (χ1v) is 11.3. The standard InChI is InChI=1S/C22H21N3O4S/c1-15-6-9-20(28-15)21-23-22(29-24-21)17-10-12-25(13-11-17)30(26,27)19-8-7-16-4-2-3-5-18(16)14-19/h2-9,14,17H,10-13H2,1H3. The van der Waals surface area contributed by atoms with Crippen molar-refractivity contribution in [3.63, 3.8) is 0 Å². The molecule has 0 unspecified atom stereocenters. The Morgan fingerprint density at radius 2 is 1.77 bits per heavy atom. The normalized spacial score (nSPS) is 16.3. The maximum absolute atomic E-state index is 13.1. The van der Waals surface area contributed by atoms with E-state index in [4.69, 9.17) is 8.94 Å². The van der Waals surface area contributed by atoms with E-state index in [1.807, 2.05) is 49.4 Å². The summed E-state index contributed by atoms with van der Waals surface area (Å²) in [7, 11) is -3.54. The summed E-state index contributed by atoms with van der Waals surface area (Å²) in [5.41, 5.74) is 0. The molecule has 154 valence electrons. The van der Waals surface area contributed by atoms with Crippen molar-refractivity contribution >= 4 is 20.8 Å². The van der Waals surface area contributed by atoms with E-state index in [1.54, 1.807) is 16.4 Å². The first-order chi connectivity index (χ1) is 14.5. The molecule has 4 aromatic rings. The minimum atomic E-state index is -3.54.